The molecule has 4 rings (SSSR count). The van der Waals surface area contributed by atoms with E-state index in [0.29, 0.717) is 18.2 Å². The molecule has 40 heavy (non-hydrogen) atoms. The largest absolute Gasteiger partial charge is 0.354 e. The summed E-state index contributed by atoms with van der Waals surface area (Å²) in [6.45, 7) is 14.2. The quantitative estimate of drug-likeness (QED) is 0.235. The van der Waals surface area contributed by atoms with Gasteiger partial charge in [0.15, 0.2) is 0 Å². The summed E-state index contributed by atoms with van der Waals surface area (Å²) in [5.41, 5.74) is 5.53. The van der Waals surface area contributed by atoms with Crippen LogP contribution < -0.4 is 15.1 Å². The summed E-state index contributed by atoms with van der Waals surface area (Å²) in [5, 5.41) is 2.82. The normalized spacial score (nSPS) is 9.78. The third kappa shape index (κ3) is 8.50. The van der Waals surface area contributed by atoms with Crippen molar-refractivity contribution >= 4 is 29.0 Å². The van der Waals surface area contributed by atoms with E-state index in [1.807, 2.05) is 100 Å². The fourth-order valence-electron chi connectivity index (χ4n) is 4.00. The van der Waals surface area contributed by atoms with Crippen molar-refractivity contribution in [3.63, 3.8) is 0 Å². The maximum absolute atomic E-state index is 12.7. The van der Waals surface area contributed by atoms with Gasteiger partial charge in [-0.1, -0.05) is 76.2 Å². The first kappa shape index (κ1) is 31.7. The SMILES string of the molecule is CC.CC.CCN(CNC(C)=O)c1ccc(N(C(C)=O)c2cc(-c3cccc(-c4ccccc4)c3)ncn2)cc1. The molecule has 7 heteroatoms. The minimum atomic E-state index is -0.156. The Bertz CT molecular complexity index is 1340. The number of aromatic nitrogens is 2. The summed E-state index contributed by atoms with van der Waals surface area (Å²) in [5.74, 6) is 0.258. The number of rotatable bonds is 8. The van der Waals surface area contributed by atoms with E-state index >= 15 is 0 Å². The zero-order valence-corrected chi connectivity index (χ0v) is 24.7. The minimum absolute atomic E-state index is 0.0818. The summed E-state index contributed by atoms with van der Waals surface area (Å²) < 4.78 is 0. The zero-order valence-electron chi connectivity index (χ0n) is 24.7. The van der Waals surface area contributed by atoms with Crippen LogP contribution in [0.25, 0.3) is 22.4 Å². The third-order valence-electron chi connectivity index (χ3n) is 5.84. The molecule has 0 aliphatic carbocycles. The first-order chi connectivity index (χ1) is 19.5. The van der Waals surface area contributed by atoms with E-state index in [-0.39, 0.29) is 11.8 Å². The molecule has 1 aromatic heterocycles. The van der Waals surface area contributed by atoms with Crippen molar-refractivity contribution < 1.29 is 9.59 Å². The molecule has 1 heterocycles. The van der Waals surface area contributed by atoms with Crippen molar-refractivity contribution in [1.82, 2.24) is 15.3 Å². The van der Waals surface area contributed by atoms with Crippen LogP contribution in [-0.4, -0.2) is 35.0 Å². The Morgan fingerprint density at radius 1 is 0.725 bits per heavy atom. The lowest BCUT2D eigenvalue weighted by Gasteiger charge is -2.25. The molecule has 0 bridgehead atoms. The van der Waals surface area contributed by atoms with Crippen molar-refractivity contribution in [2.45, 2.75) is 48.5 Å². The number of amides is 2. The van der Waals surface area contributed by atoms with Gasteiger partial charge in [0.2, 0.25) is 11.8 Å². The van der Waals surface area contributed by atoms with Gasteiger partial charge >= 0.3 is 0 Å². The highest BCUT2D eigenvalue weighted by Crippen LogP contribution is 2.30. The predicted molar refractivity (Wildman–Crippen MR) is 167 cm³/mol. The molecule has 3 aromatic carbocycles. The summed E-state index contributed by atoms with van der Waals surface area (Å²) in [6, 6.07) is 27.8. The van der Waals surface area contributed by atoms with Crippen molar-refractivity contribution in [3.8, 4) is 22.4 Å². The molecule has 0 aliphatic heterocycles. The monoisotopic (exact) mass is 539 g/mol. The Morgan fingerprint density at radius 2 is 1.32 bits per heavy atom. The number of hydrogen-bond donors (Lipinski definition) is 1. The summed E-state index contributed by atoms with van der Waals surface area (Å²) >= 11 is 0. The zero-order chi connectivity index (χ0) is 29.5. The van der Waals surface area contributed by atoms with Crippen LogP contribution in [-0.2, 0) is 9.59 Å². The molecule has 1 N–H and O–H groups in total. The van der Waals surface area contributed by atoms with E-state index in [9.17, 15) is 9.59 Å². The molecular formula is C33H41N5O2. The van der Waals surface area contributed by atoms with Gasteiger partial charge in [0, 0.05) is 37.7 Å². The lowest BCUT2D eigenvalue weighted by Crippen LogP contribution is -2.36. The average Bonchev–Trinajstić information content (AvgIpc) is 3.01. The number of carbonyl (C=O) groups excluding carboxylic acids is 2. The van der Waals surface area contributed by atoms with Crippen molar-refractivity contribution in [2.75, 3.05) is 23.0 Å². The van der Waals surface area contributed by atoms with Gasteiger partial charge in [0.05, 0.1) is 18.1 Å². The number of nitrogens with one attached hydrogen (secondary N) is 1. The second-order valence-corrected chi connectivity index (χ2v) is 8.33. The van der Waals surface area contributed by atoms with Crippen molar-refractivity contribution in [1.29, 1.82) is 0 Å². The van der Waals surface area contributed by atoms with Gasteiger partial charge in [0.1, 0.15) is 12.1 Å². The van der Waals surface area contributed by atoms with E-state index in [0.717, 1.165) is 34.6 Å². The smallest absolute Gasteiger partial charge is 0.229 e. The molecule has 0 aliphatic rings. The number of benzene rings is 3. The molecule has 0 radical (unpaired) electrons. The van der Waals surface area contributed by atoms with Gasteiger partial charge in [-0.25, -0.2) is 9.97 Å². The van der Waals surface area contributed by atoms with Crippen LogP contribution in [0.1, 0.15) is 48.5 Å². The van der Waals surface area contributed by atoms with Crippen LogP contribution in [0.15, 0.2) is 91.3 Å². The van der Waals surface area contributed by atoms with Gasteiger partial charge < -0.3 is 10.2 Å². The molecule has 0 fully saturated rings. The molecule has 210 valence electrons. The Hall–Kier alpha value is -4.52. The Morgan fingerprint density at radius 3 is 1.93 bits per heavy atom. The summed E-state index contributed by atoms with van der Waals surface area (Å²) in [6.07, 6.45) is 1.48. The van der Waals surface area contributed by atoms with Crippen LogP contribution in [0.2, 0.25) is 0 Å². The van der Waals surface area contributed by atoms with E-state index in [4.69, 9.17) is 0 Å². The molecular weight excluding hydrogens is 498 g/mol. The van der Waals surface area contributed by atoms with E-state index in [1.54, 1.807) is 4.90 Å². The van der Waals surface area contributed by atoms with Crippen LogP contribution in [0.4, 0.5) is 17.2 Å². The summed E-state index contributed by atoms with van der Waals surface area (Å²) in [7, 11) is 0. The van der Waals surface area contributed by atoms with E-state index in [1.165, 1.54) is 20.2 Å². The van der Waals surface area contributed by atoms with Crippen LogP contribution in [0.3, 0.4) is 0 Å². The first-order valence-electron chi connectivity index (χ1n) is 13.8. The molecule has 4 aromatic rings. The van der Waals surface area contributed by atoms with Gasteiger partial charge in [0.25, 0.3) is 0 Å². The standard InChI is InChI=1S/C29H29N5O2.2C2H6/c1-4-33(20-32-21(2)35)26-13-15-27(16-14-26)34(22(3)36)29-18-28(30-19-31-29)25-12-8-11-24(17-25)23-9-6-5-7-10-23;2*1-2/h5-19H,4,20H2,1-3H3,(H,32,35);2*1-2H3. The fourth-order valence-corrected chi connectivity index (χ4v) is 4.00. The average molecular weight is 540 g/mol. The van der Waals surface area contributed by atoms with Crippen LogP contribution >= 0.6 is 0 Å². The third-order valence-corrected chi connectivity index (χ3v) is 5.84. The highest BCUT2D eigenvalue weighted by Gasteiger charge is 2.17. The number of carbonyl (C=O) groups is 2. The Kier molecular flexibility index (Phi) is 13.0. The van der Waals surface area contributed by atoms with Crippen LogP contribution in [0, 0.1) is 0 Å². The maximum atomic E-state index is 12.7. The topological polar surface area (TPSA) is 78.4 Å². The molecule has 7 nitrogen and oxygen atoms in total. The van der Waals surface area contributed by atoms with Crippen molar-refractivity contribution in [3.05, 3.63) is 91.3 Å². The second-order valence-electron chi connectivity index (χ2n) is 8.33. The first-order valence-corrected chi connectivity index (χ1v) is 13.8. The number of nitrogens with zero attached hydrogens (tertiary/aromatic N) is 4. The highest BCUT2D eigenvalue weighted by atomic mass is 16.2. The van der Waals surface area contributed by atoms with Gasteiger partial charge in [-0.3, -0.25) is 14.5 Å². The molecule has 0 unspecified atom stereocenters. The van der Waals surface area contributed by atoms with Gasteiger partial charge in [-0.2, -0.15) is 0 Å². The molecule has 0 spiro atoms. The van der Waals surface area contributed by atoms with E-state index in [2.05, 4.69) is 39.6 Å². The maximum Gasteiger partial charge on any atom is 0.229 e. The van der Waals surface area contributed by atoms with Gasteiger partial charge in [-0.05, 0) is 48.4 Å². The number of hydrogen-bond acceptors (Lipinski definition) is 5. The van der Waals surface area contributed by atoms with Crippen molar-refractivity contribution in [2.24, 2.45) is 0 Å². The minimum Gasteiger partial charge on any atom is -0.354 e. The summed E-state index contributed by atoms with van der Waals surface area (Å²) in [4.78, 5) is 36.5. The molecule has 0 saturated heterocycles. The van der Waals surface area contributed by atoms with E-state index < -0.39 is 0 Å². The van der Waals surface area contributed by atoms with Crippen LogP contribution in [0.5, 0.6) is 0 Å². The highest BCUT2D eigenvalue weighted by molar-refractivity contribution is 5.98. The molecule has 0 atom stereocenters. The lowest BCUT2D eigenvalue weighted by molar-refractivity contribution is -0.119. The fraction of sp³-hybridized carbons (Fsp3) is 0.273. The lowest BCUT2D eigenvalue weighted by atomic mass is 10.0. The molecule has 0 saturated carbocycles. The molecule has 2 amide bonds. The predicted octanol–water partition coefficient (Wildman–Crippen LogP) is 7.47. The second kappa shape index (κ2) is 16.4. The number of anilines is 3. The van der Waals surface area contributed by atoms with Gasteiger partial charge in [-0.15, -0.1) is 0 Å². The Balaban J connectivity index is 0.00000134. The Labute approximate surface area is 238 Å².